The monoisotopic (exact) mass is 353 g/mol. The summed E-state index contributed by atoms with van der Waals surface area (Å²) in [5, 5.41) is 11.0. The quantitative estimate of drug-likeness (QED) is 0.248. The van der Waals surface area contributed by atoms with Gasteiger partial charge in [-0.15, -0.1) is 0 Å². The molecule has 2 atom stereocenters. The Morgan fingerprint density at radius 1 is 1.23 bits per heavy atom. The fraction of sp³-hybridized carbons (Fsp3) is 0.846. The molecule has 2 aliphatic rings. The predicted octanol–water partition coefficient (Wildman–Crippen LogP) is 2.30. The van der Waals surface area contributed by atoms with Crippen molar-refractivity contribution in [3.8, 4) is 0 Å². The minimum Gasteiger partial charge on any atom is -0.421 e. The van der Waals surface area contributed by atoms with Gasteiger partial charge in [-0.2, -0.15) is 0 Å². The van der Waals surface area contributed by atoms with Crippen LogP contribution >= 0.6 is 23.2 Å². The van der Waals surface area contributed by atoms with Crippen molar-refractivity contribution >= 4 is 35.1 Å². The van der Waals surface area contributed by atoms with E-state index in [0.717, 1.165) is 0 Å². The van der Waals surface area contributed by atoms with Gasteiger partial charge in [0.1, 0.15) is 0 Å². The summed E-state index contributed by atoms with van der Waals surface area (Å²) < 4.78 is 8.69. The van der Waals surface area contributed by atoms with E-state index >= 15 is 0 Å². The molecule has 0 amide bonds. The van der Waals surface area contributed by atoms with Crippen molar-refractivity contribution in [1.82, 2.24) is 0 Å². The number of nitrogens with zero attached hydrogens (tertiary/aromatic N) is 1. The van der Waals surface area contributed by atoms with Crippen molar-refractivity contribution in [2.24, 2.45) is 16.7 Å². The number of carbonyl (C=O) groups excluding carboxylic acids is 2. The Balaban J connectivity index is 2.42. The van der Waals surface area contributed by atoms with Crippen LogP contribution in [0.2, 0.25) is 0 Å². The molecule has 124 valence electrons. The van der Waals surface area contributed by atoms with Crippen LogP contribution < -0.4 is 0 Å². The molecular formula is C13H17Cl2NO6. The van der Waals surface area contributed by atoms with Crippen LogP contribution in [0.3, 0.4) is 0 Å². The summed E-state index contributed by atoms with van der Waals surface area (Å²) >= 11 is 12.1. The lowest BCUT2D eigenvalue weighted by atomic mass is 9.85. The number of esters is 2. The molecule has 1 saturated heterocycles. The van der Waals surface area contributed by atoms with E-state index in [1.165, 1.54) is 13.8 Å². The molecule has 0 radical (unpaired) electrons. The van der Waals surface area contributed by atoms with Gasteiger partial charge in [-0.25, -0.2) is 0 Å². The van der Waals surface area contributed by atoms with Crippen LogP contribution in [0.15, 0.2) is 0 Å². The number of cyclic esters (lactones) is 2. The van der Waals surface area contributed by atoms with Gasteiger partial charge in [0, 0.05) is 24.2 Å². The topological polar surface area (TPSA) is 95.7 Å². The maximum Gasteiger partial charge on any atom is 0.330 e. The smallest absolute Gasteiger partial charge is 0.330 e. The van der Waals surface area contributed by atoms with E-state index in [2.05, 4.69) is 0 Å². The second-order valence-electron chi connectivity index (χ2n) is 6.91. The molecule has 7 nitrogen and oxygen atoms in total. The Kier molecular flexibility index (Phi) is 3.51. The summed E-state index contributed by atoms with van der Waals surface area (Å²) in [6, 6.07) is -1.30. The third-order valence-electron chi connectivity index (χ3n) is 4.70. The van der Waals surface area contributed by atoms with Gasteiger partial charge < -0.3 is 9.47 Å². The molecule has 9 heteroatoms. The maximum atomic E-state index is 12.5. The van der Waals surface area contributed by atoms with E-state index in [1.807, 2.05) is 0 Å². The van der Waals surface area contributed by atoms with Crippen LogP contribution in [-0.4, -0.2) is 33.0 Å². The molecule has 1 spiro atoms. The van der Waals surface area contributed by atoms with Crippen molar-refractivity contribution in [1.29, 1.82) is 0 Å². The number of ether oxygens (including phenoxy) is 2. The summed E-state index contributed by atoms with van der Waals surface area (Å²) in [6.45, 7) is 7.86. The highest BCUT2D eigenvalue weighted by Gasteiger charge is 2.92. The van der Waals surface area contributed by atoms with E-state index < -0.39 is 49.8 Å². The summed E-state index contributed by atoms with van der Waals surface area (Å²) in [5.74, 6) is -4.67. The molecule has 0 aromatic heterocycles. The zero-order chi connectivity index (χ0) is 17.3. The Morgan fingerprint density at radius 2 is 1.64 bits per heavy atom. The van der Waals surface area contributed by atoms with Crippen molar-refractivity contribution in [2.45, 2.75) is 50.8 Å². The lowest BCUT2D eigenvalue weighted by Crippen LogP contribution is -2.57. The fourth-order valence-electron chi connectivity index (χ4n) is 2.67. The molecule has 0 aromatic rings. The highest BCUT2D eigenvalue weighted by atomic mass is 35.5. The minimum absolute atomic E-state index is 0.642. The van der Waals surface area contributed by atoms with Crippen molar-refractivity contribution in [3.63, 3.8) is 0 Å². The van der Waals surface area contributed by atoms with Crippen LogP contribution in [-0.2, 0) is 19.1 Å². The average Bonchev–Trinajstić information content (AvgIpc) is 2.82. The first-order chi connectivity index (χ1) is 9.73. The molecule has 0 bridgehead atoms. The first-order valence-electron chi connectivity index (χ1n) is 6.71. The third-order valence-corrected chi connectivity index (χ3v) is 5.76. The molecule has 1 saturated carbocycles. The molecule has 2 rings (SSSR count). The number of nitro groups is 1. The highest BCUT2D eigenvalue weighted by molar-refractivity contribution is 6.56. The normalized spacial score (nSPS) is 38.2. The Bertz CT molecular complexity index is 549. The first kappa shape index (κ1) is 17.3. The minimum atomic E-state index is -2.05. The van der Waals surface area contributed by atoms with Crippen molar-refractivity contribution in [2.75, 3.05) is 0 Å². The van der Waals surface area contributed by atoms with E-state index in [1.54, 1.807) is 20.8 Å². The standard InChI is InChI=1S/C13H17Cl2NO6/c1-6(16(19)20)7-12(13(7,14)15)8(17)21-11(5,10(2,3)4)22-9(12)18/h6-7H,1-5H3/t6-,7-,11?,12?/m0/s1. The predicted molar refractivity (Wildman–Crippen MR) is 76.9 cm³/mol. The van der Waals surface area contributed by atoms with Crippen molar-refractivity contribution < 1.29 is 24.0 Å². The summed E-state index contributed by atoms with van der Waals surface area (Å²) in [7, 11) is 0. The maximum absolute atomic E-state index is 12.5. The molecule has 0 unspecified atom stereocenters. The summed E-state index contributed by atoms with van der Waals surface area (Å²) in [5.41, 5.74) is -2.74. The van der Waals surface area contributed by atoms with E-state index in [4.69, 9.17) is 32.7 Å². The van der Waals surface area contributed by atoms with Crippen LogP contribution in [0.1, 0.15) is 34.6 Å². The largest absolute Gasteiger partial charge is 0.421 e. The second kappa shape index (κ2) is 4.47. The van der Waals surface area contributed by atoms with Crippen LogP contribution in [0.5, 0.6) is 0 Å². The lowest BCUT2D eigenvalue weighted by Gasteiger charge is -2.44. The highest BCUT2D eigenvalue weighted by Crippen LogP contribution is 2.73. The third kappa shape index (κ3) is 1.88. The molecule has 1 heterocycles. The van der Waals surface area contributed by atoms with Gasteiger partial charge >= 0.3 is 11.9 Å². The Labute approximate surface area is 137 Å². The molecular weight excluding hydrogens is 337 g/mol. The Morgan fingerprint density at radius 3 is 1.95 bits per heavy atom. The van der Waals surface area contributed by atoms with Gasteiger partial charge in [0.05, 0.1) is 5.92 Å². The van der Waals surface area contributed by atoms with Gasteiger partial charge in [-0.1, -0.05) is 44.0 Å². The van der Waals surface area contributed by atoms with Crippen LogP contribution in [0.25, 0.3) is 0 Å². The molecule has 1 aliphatic heterocycles. The number of hydrogen-bond acceptors (Lipinski definition) is 6. The average molecular weight is 354 g/mol. The van der Waals surface area contributed by atoms with Gasteiger partial charge in [-0.3, -0.25) is 19.7 Å². The molecule has 22 heavy (non-hydrogen) atoms. The SMILES string of the molecule is C[C@@H]([C@@H]1C(Cl)(Cl)C12C(=O)OC(C)(C(C)(C)C)OC2=O)[N+](=O)[O-]. The van der Waals surface area contributed by atoms with Gasteiger partial charge in [0.15, 0.2) is 4.33 Å². The molecule has 0 aromatic carbocycles. The second-order valence-corrected chi connectivity index (χ2v) is 8.30. The van der Waals surface area contributed by atoms with Gasteiger partial charge in [0.25, 0.3) is 5.79 Å². The number of alkyl halides is 2. The number of halogens is 2. The van der Waals surface area contributed by atoms with Gasteiger partial charge in [-0.05, 0) is 0 Å². The first-order valence-corrected chi connectivity index (χ1v) is 7.47. The van der Waals surface area contributed by atoms with E-state index in [-0.39, 0.29) is 0 Å². The van der Waals surface area contributed by atoms with Crippen molar-refractivity contribution in [3.05, 3.63) is 10.1 Å². The lowest BCUT2D eigenvalue weighted by molar-refractivity contribution is -0.523. The zero-order valence-corrected chi connectivity index (χ0v) is 14.3. The van der Waals surface area contributed by atoms with E-state index in [9.17, 15) is 19.7 Å². The molecule has 1 aliphatic carbocycles. The van der Waals surface area contributed by atoms with Crippen LogP contribution in [0, 0.1) is 26.9 Å². The Hall–Kier alpha value is -1.08. The summed E-state index contributed by atoms with van der Waals surface area (Å²) in [4.78, 5) is 35.3. The number of carbonyl (C=O) groups is 2. The van der Waals surface area contributed by atoms with E-state index in [0.29, 0.717) is 0 Å². The number of rotatable bonds is 2. The fourth-order valence-corrected chi connectivity index (χ4v) is 3.79. The summed E-state index contributed by atoms with van der Waals surface area (Å²) in [6.07, 6.45) is 0. The zero-order valence-electron chi connectivity index (χ0n) is 12.8. The molecule has 0 N–H and O–H groups in total. The molecule has 2 fully saturated rings. The van der Waals surface area contributed by atoms with Gasteiger partial charge in [0.2, 0.25) is 11.5 Å². The van der Waals surface area contributed by atoms with Crippen LogP contribution in [0.4, 0.5) is 0 Å². The number of hydrogen-bond donors (Lipinski definition) is 0.